The van der Waals surface area contributed by atoms with Crippen LogP contribution in [-0.2, 0) is 52.3 Å². The van der Waals surface area contributed by atoms with Gasteiger partial charge in [0.1, 0.15) is 0 Å². The SMILES string of the molecule is COC(=O)C12CC(N3C=C4CCCC[C@@]4(c4ccc(CCC(C)(C)C)c(Cl)c4)CC3=O)(C1)C2.COC(=O)C12CC(NC(=O)C[C@]3(c4ccc(CCC(C)(C)C)c(Cl)c4)CCCCC3CO)(C1)C2. The molecule has 2 aromatic rings. The lowest BCUT2D eigenvalue weighted by molar-refractivity contribution is -0.226. The predicted molar refractivity (Wildman–Crippen MR) is 264 cm³/mol. The number of carbonyl (C=O) groups is 4. The minimum absolute atomic E-state index is 0.00597. The number of halogens is 2. The number of aliphatic hydroxyl groups excluding tert-OH is 1. The van der Waals surface area contributed by atoms with Gasteiger partial charge in [0.2, 0.25) is 11.8 Å². The largest absolute Gasteiger partial charge is 0.469 e. The van der Waals surface area contributed by atoms with Gasteiger partial charge in [-0.25, -0.2) is 0 Å². The fourth-order valence-corrected chi connectivity index (χ4v) is 14.3. The highest BCUT2D eigenvalue weighted by Gasteiger charge is 2.76. The van der Waals surface area contributed by atoms with Gasteiger partial charge in [0.05, 0.1) is 30.6 Å². The van der Waals surface area contributed by atoms with Crippen LogP contribution in [0.15, 0.2) is 48.2 Å². The van der Waals surface area contributed by atoms with Gasteiger partial charge in [-0.3, -0.25) is 19.2 Å². The van der Waals surface area contributed by atoms with Crippen LogP contribution in [0.25, 0.3) is 0 Å². The lowest BCUT2D eigenvalue weighted by Gasteiger charge is -2.71. The summed E-state index contributed by atoms with van der Waals surface area (Å²) in [6.45, 7) is 13.5. The molecule has 3 atom stereocenters. The van der Waals surface area contributed by atoms with E-state index in [4.69, 9.17) is 32.7 Å². The second kappa shape index (κ2) is 18.1. The van der Waals surface area contributed by atoms with Crippen molar-refractivity contribution in [2.75, 3.05) is 20.8 Å². The highest BCUT2D eigenvalue weighted by atomic mass is 35.5. The number of esters is 2. The molecule has 8 fully saturated rings. The van der Waals surface area contributed by atoms with E-state index in [0.29, 0.717) is 32.1 Å². The molecule has 8 saturated carbocycles. The van der Waals surface area contributed by atoms with Crippen LogP contribution in [0.1, 0.15) is 179 Å². The van der Waals surface area contributed by atoms with E-state index in [2.05, 4.69) is 83.4 Å². The number of allylic oxidation sites excluding steroid dienone is 1. The zero-order chi connectivity index (χ0) is 48.4. The highest BCUT2D eigenvalue weighted by molar-refractivity contribution is 6.31. The van der Waals surface area contributed by atoms with E-state index in [0.717, 1.165) is 117 Å². The average Bonchev–Trinajstić information content (AvgIpc) is 3.22. The Hall–Kier alpha value is -3.40. The fraction of sp³-hybridized carbons (Fsp3) is 0.679. The lowest BCUT2D eigenvalue weighted by atomic mass is 9.38. The average molecular weight is 960 g/mol. The molecule has 366 valence electrons. The van der Waals surface area contributed by atoms with Crippen molar-refractivity contribution < 1.29 is 33.8 Å². The lowest BCUT2D eigenvalue weighted by Crippen LogP contribution is -2.77. The number of hydrogen-bond donors (Lipinski definition) is 2. The van der Waals surface area contributed by atoms with Gasteiger partial charge in [0, 0.05) is 52.1 Å². The Morgan fingerprint density at radius 3 is 1.84 bits per heavy atom. The van der Waals surface area contributed by atoms with E-state index in [9.17, 15) is 24.3 Å². The molecule has 4 bridgehead atoms. The van der Waals surface area contributed by atoms with E-state index in [-0.39, 0.29) is 74.4 Å². The Morgan fingerprint density at radius 2 is 1.30 bits per heavy atom. The van der Waals surface area contributed by atoms with Gasteiger partial charge in [0.25, 0.3) is 0 Å². The molecule has 8 aliphatic carbocycles. The zero-order valence-corrected chi connectivity index (χ0v) is 43.1. The molecule has 0 spiro atoms. The summed E-state index contributed by atoms with van der Waals surface area (Å²) in [5.41, 5.74) is 4.65. The quantitative estimate of drug-likeness (QED) is 0.192. The van der Waals surface area contributed by atoms with E-state index < -0.39 is 5.41 Å². The van der Waals surface area contributed by atoms with Crippen LogP contribution in [0.2, 0.25) is 10.0 Å². The number of hydrogen-bond acceptors (Lipinski definition) is 7. The standard InChI is InChI=1S/C28H40ClNO4.C28H36ClNO3/c1-25(2,3)12-10-19-8-9-20(13-22(19)29)28(11-6-5-7-21(28)15-31)14-23(32)30-27-16-26(17-27,18-27)24(33)34-4;1-25(2,3)12-10-19-8-9-20(13-22(19)29)28-11-6-5-7-21(28)15-30(23(31)14-28)27-16-26(17-27,18-27)24(32)33-4/h8-9,13,21,31H,5-7,10-12,14-18H2,1-4H3,(H,30,32);8-9,13,15H,5-7,10-12,14,16-18H2,1-4H3/t21?,26?,27?,28-;26?,27?,28-/m00/s1. The Balaban J connectivity index is 0.000000182. The Kier molecular flexibility index (Phi) is 13.5. The van der Waals surface area contributed by atoms with Crippen LogP contribution >= 0.6 is 23.2 Å². The summed E-state index contributed by atoms with van der Waals surface area (Å²) in [4.78, 5) is 53.0. The maximum absolute atomic E-state index is 13.5. The molecule has 0 saturated heterocycles. The van der Waals surface area contributed by atoms with Gasteiger partial charge in [0.15, 0.2) is 0 Å². The first-order valence-electron chi connectivity index (χ1n) is 25.2. The maximum Gasteiger partial charge on any atom is 0.312 e. The van der Waals surface area contributed by atoms with Crippen LogP contribution in [-0.4, -0.2) is 65.7 Å². The number of aryl methyl sites for hydroxylation is 2. The summed E-state index contributed by atoms with van der Waals surface area (Å²) >= 11 is 13.5. The van der Waals surface area contributed by atoms with Crippen LogP contribution < -0.4 is 5.32 Å². The number of methoxy groups -OCH3 is 2. The van der Waals surface area contributed by atoms with Gasteiger partial charge >= 0.3 is 11.9 Å². The van der Waals surface area contributed by atoms with Crippen molar-refractivity contribution in [3.8, 4) is 0 Å². The minimum Gasteiger partial charge on any atom is -0.469 e. The van der Waals surface area contributed by atoms with Crippen molar-refractivity contribution in [2.45, 2.75) is 192 Å². The highest BCUT2D eigenvalue weighted by Crippen LogP contribution is 2.71. The van der Waals surface area contributed by atoms with Gasteiger partial charge in [-0.2, -0.15) is 0 Å². The second-order valence-corrected chi connectivity index (χ2v) is 25.5. The molecule has 1 unspecified atom stereocenters. The minimum atomic E-state index is -0.424. The maximum atomic E-state index is 13.5. The molecule has 67 heavy (non-hydrogen) atoms. The van der Waals surface area contributed by atoms with E-state index in [1.54, 1.807) is 0 Å². The smallest absolute Gasteiger partial charge is 0.312 e. The monoisotopic (exact) mass is 959 g/mol. The number of ether oxygens (including phenoxy) is 2. The third-order valence-corrected chi connectivity index (χ3v) is 18.2. The van der Waals surface area contributed by atoms with Crippen LogP contribution in [0, 0.1) is 27.6 Å². The molecule has 11 heteroatoms. The molecule has 9 aliphatic rings. The van der Waals surface area contributed by atoms with Crippen LogP contribution in [0.5, 0.6) is 0 Å². The molecule has 2 N–H and O–H groups in total. The molecule has 2 aromatic carbocycles. The number of amides is 2. The third kappa shape index (κ3) is 9.26. The summed E-state index contributed by atoms with van der Waals surface area (Å²) in [6.07, 6.45) is 19.4. The number of aliphatic hydroxyl groups is 1. The zero-order valence-electron chi connectivity index (χ0n) is 41.6. The summed E-state index contributed by atoms with van der Waals surface area (Å²) in [5.74, 6) is -0.0558. The van der Waals surface area contributed by atoms with Gasteiger partial charge in [-0.05, 0) is 153 Å². The first kappa shape index (κ1) is 50.0. The van der Waals surface area contributed by atoms with Crippen LogP contribution in [0.3, 0.4) is 0 Å². The predicted octanol–water partition coefficient (Wildman–Crippen LogP) is 11.7. The van der Waals surface area contributed by atoms with Crippen molar-refractivity contribution >= 4 is 47.0 Å². The first-order chi connectivity index (χ1) is 31.5. The number of benzene rings is 2. The van der Waals surface area contributed by atoms with Crippen LogP contribution in [0.4, 0.5) is 0 Å². The summed E-state index contributed by atoms with van der Waals surface area (Å²) in [5, 5.41) is 15.1. The Labute approximate surface area is 409 Å². The van der Waals surface area contributed by atoms with Gasteiger partial charge in [-0.15, -0.1) is 0 Å². The Bertz CT molecular complexity index is 2270. The molecule has 0 radical (unpaired) electrons. The molecular weight excluding hydrogens is 884 g/mol. The van der Waals surface area contributed by atoms with E-state index in [1.807, 2.05) is 11.0 Å². The van der Waals surface area contributed by atoms with Crippen molar-refractivity contribution in [3.05, 3.63) is 80.5 Å². The summed E-state index contributed by atoms with van der Waals surface area (Å²) in [7, 11) is 2.88. The van der Waals surface area contributed by atoms with Crippen molar-refractivity contribution in [1.29, 1.82) is 0 Å². The number of nitrogens with zero attached hydrogens (tertiary/aromatic N) is 1. The van der Waals surface area contributed by atoms with E-state index in [1.165, 1.54) is 30.9 Å². The molecule has 11 rings (SSSR count). The Morgan fingerprint density at radius 1 is 0.761 bits per heavy atom. The molecule has 0 aromatic heterocycles. The van der Waals surface area contributed by atoms with E-state index >= 15 is 0 Å². The molecule has 1 heterocycles. The first-order valence-corrected chi connectivity index (χ1v) is 25.9. The summed E-state index contributed by atoms with van der Waals surface area (Å²) in [6, 6.07) is 12.8. The van der Waals surface area contributed by atoms with Crippen molar-refractivity contribution in [2.24, 2.45) is 27.6 Å². The fourth-order valence-electron chi connectivity index (χ4n) is 13.8. The topological polar surface area (TPSA) is 122 Å². The third-order valence-electron chi connectivity index (χ3n) is 17.5. The molecular formula is C56H76Cl2N2O7. The number of carbonyl (C=O) groups excluding carboxylic acids is 4. The molecule has 1 aliphatic heterocycles. The number of fused-ring (bicyclic) bond motifs is 1. The normalized spacial score (nSPS) is 32.6. The summed E-state index contributed by atoms with van der Waals surface area (Å²) < 4.78 is 9.93. The van der Waals surface area contributed by atoms with Crippen molar-refractivity contribution in [1.82, 2.24) is 10.2 Å². The number of nitrogens with one attached hydrogen (secondary N) is 1. The van der Waals surface area contributed by atoms with Gasteiger partial charge < -0.3 is 24.8 Å². The second-order valence-electron chi connectivity index (χ2n) is 24.7. The van der Waals surface area contributed by atoms with Crippen molar-refractivity contribution in [3.63, 3.8) is 0 Å². The van der Waals surface area contributed by atoms with Gasteiger partial charge in [-0.1, -0.05) is 108 Å². The number of rotatable bonds is 13. The molecule has 2 amide bonds. The molecule has 9 nitrogen and oxygen atoms in total.